The summed E-state index contributed by atoms with van der Waals surface area (Å²) in [6.45, 7) is 5.52. The van der Waals surface area contributed by atoms with Crippen molar-refractivity contribution in [1.29, 1.82) is 0 Å². The summed E-state index contributed by atoms with van der Waals surface area (Å²) >= 11 is 0. The van der Waals surface area contributed by atoms with E-state index in [-0.39, 0.29) is 18.1 Å². The van der Waals surface area contributed by atoms with Crippen LogP contribution in [-0.2, 0) is 4.79 Å². The second-order valence-corrected chi connectivity index (χ2v) is 3.51. The van der Waals surface area contributed by atoms with Crippen LogP contribution < -0.4 is 5.32 Å². The number of piperazine rings is 1. The molecule has 70 valence electrons. The molecule has 0 aromatic carbocycles. The minimum Gasteiger partial charge on any atom is -0.392 e. The number of hydrogen-bond donors (Lipinski definition) is 2. The van der Waals surface area contributed by atoms with Crippen molar-refractivity contribution in [2.24, 2.45) is 0 Å². The van der Waals surface area contributed by atoms with Crippen molar-refractivity contribution < 1.29 is 9.90 Å². The van der Waals surface area contributed by atoms with Gasteiger partial charge >= 0.3 is 0 Å². The molecule has 1 heterocycles. The van der Waals surface area contributed by atoms with Gasteiger partial charge in [-0.1, -0.05) is 0 Å². The molecule has 4 heteroatoms. The lowest BCUT2D eigenvalue weighted by Gasteiger charge is -2.31. The Morgan fingerprint density at radius 3 is 3.00 bits per heavy atom. The van der Waals surface area contributed by atoms with E-state index in [2.05, 4.69) is 5.32 Å². The minimum absolute atomic E-state index is 0.0504. The second kappa shape index (κ2) is 3.87. The Hall–Kier alpha value is -0.610. The average Bonchev–Trinajstić information content (AvgIpc) is 1.81. The van der Waals surface area contributed by atoms with E-state index >= 15 is 0 Å². The van der Waals surface area contributed by atoms with E-state index in [0.717, 1.165) is 6.54 Å². The summed E-state index contributed by atoms with van der Waals surface area (Å²) in [5.74, 6) is 0.0504. The maximum absolute atomic E-state index is 11.0. The standard InChI is InChI=1S/C8H16N2O2/c1-6-3-10(4-7(2)11)5-8(12)9-6/h6-7,11H,3-5H2,1-2H3,(H,9,12). The molecule has 0 aromatic heterocycles. The molecular formula is C8H16N2O2. The Morgan fingerprint density at radius 2 is 2.50 bits per heavy atom. The lowest BCUT2D eigenvalue weighted by Crippen LogP contribution is -2.54. The van der Waals surface area contributed by atoms with Gasteiger partial charge < -0.3 is 10.4 Å². The summed E-state index contributed by atoms with van der Waals surface area (Å²) in [4.78, 5) is 13.0. The van der Waals surface area contributed by atoms with Crippen molar-refractivity contribution in [2.45, 2.75) is 26.0 Å². The van der Waals surface area contributed by atoms with Gasteiger partial charge in [-0.3, -0.25) is 9.69 Å². The van der Waals surface area contributed by atoms with Crippen LogP contribution in [-0.4, -0.2) is 47.7 Å². The van der Waals surface area contributed by atoms with E-state index in [9.17, 15) is 4.79 Å². The predicted octanol–water partition coefficient (Wildman–Crippen LogP) is -0.812. The van der Waals surface area contributed by atoms with Gasteiger partial charge in [-0.2, -0.15) is 0 Å². The molecule has 4 nitrogen and oxygen atoms in total. The highest BCUT2D eigenvalue weighted by Crippen LogP contribution is 2.00. The van der Waals surface area contributed by atoms with E-state index in [1.807, 2.05) is 11.8 Å². The number of aliphatic hydroxyl groups is 1. The van der Waals surface area contributed by atoms with E-state index < -0.39 is 0 Å². The van der Waals surface area contributed by atoms with Crippen LogP contribution in [0.15, 0.2) is 0 Å². The molecule has 2 atom stereocenters. The van der Waals surface area contributed by atoms with Crippen LogP contribution in [0.1, 0.15) is 13.8 Å². The van der Waals surface area contributed by atoms with Crippen LogP contribution in [0.3, 0.4) is 0 Å². The molecule has 2 unspecified atom stereocenters. The number of rotatable bonds is 2. The zero-order valence-corrected chi connectivity index (χ0v) is 7.58. The molecule has 1 fully saturated rings. The molecule has 1 amide bonds. The lowest BCUT2D eigenvalue weighted by atomic mass is 10.2. The molecule has 1 saturated heterocycles. The van der Waals surface area contributed by atoms with Crippen molar-refractivity contribution in [2.75, 3.05) is 19.6 Å². The summed E-state index contributed by atoms with van der Waals surface area (Å²) in [5, 5.41) is 11.9. The Morgan fingerprint density at radius 1 is 1.83 bits per heavy atom. The third-order valence-corrected chi connectivity index (χ3v) is 1.83. The largest absolute Gasteiger partial charge is 0.392 e. The van der Waals surface area contributed by atoms with Crippen LogP contribution >= 0.6 is 0 Å². The number of β-amino-alcohol motifs (C(OH)–C–C–N with tert-alkyl or cyclic N) is 1. The zero-order valence-electron chi connectivity index (χ0n) is 7.58. The van der Waals surface area contributed by atoms with Crippen molar-refractivity contribution in [1.82, 2.24) is 10.2 Å². The molecule has 0 radical (unpaired) electrons. The van der Waals surface area contributed by atoms with Gasteiger partial charge in [0.1, 0.15) is 0 Å². The normalized spacial score (nSPS) is 28.2. The Balaban J connectivity index is 2.39. The van der Waals surface area contributed by atoms with Crippen molar-refractivity contribution in [3.8, 4) is 0 Å². The molecule has 1 aliphatic heterocycles. The first-order chi connectivity index (χ1) is 5.58. The summed E-state index contributed by atoms with van der Waals surface area (Å²) in [6, 6.07) is 0.199. The van der Waals surface area contributed by atoms with Gasteiger partial charge in [0.15, 0.2) is 0 Å². The highest BCUT2D eigenvalue weighted by atomic mass is 16.3. The number of carbonyl (C=O) groups is 1. The molecule has 1 rings (SSSR count). The van der Waals surface area contributed by atoms with Crippen LogP contribution in [0.4, 0.5) is 0 Å². The first kappa shape index (κ1) is 9.48. The van der Waals surface area contributed by atoms with E-state index in [4.69, 9.17) is 5.11 Å². The van der Waals surface area contributed by atoms with E-state index in [1.165, 1.54) is 0 Å². The number of hydrogen-bond acceptors (Lipinski definition) is 3. The van der Waals surface area contributed by atoms with Gasteiger partial charge in [-0.25, -0.2) is 0 Å². The molecular weight excluding hydrogens is 156 g/mol. The second-order valence-electron chi connectivity index (χ2n) is 3.51. The first-order valence-corrected chi connectivity index (χ1v) is 4.27. The van der Waals surface area contributed by atoms with Crippen molar-refractivity contribution >= 4 is 5.91 Å². The third-order valence-electron chi connectivity index (χ3n) is 1.83. The Kier molecular flexibility index (Phi) is 3.05. The molecule has 0 bridgehead atoms. The summed E-state index contributed by atoms with van der Waals surface area (Å²) in [5.41, 5.74) is 0. The van der Waals surface area contributed by atoms with Crippen LogP contribution in [0.5, 0.6) is 0 Å². The Bertz CT molecular complexity index is 168. The maximum atomic E-state index is 11.0. The Labute approximate surface area is 72.6 Å². The van der Waals surface area contributed by atoms with Gasteiger partial charge in [-0.15, -0.1) is 0 Å². The summed E-state index contributed by atoms with van der Waals surface area (Å²) in [7, 11) is 0. The average molecular weight is 172 g/mol. The van der Waals surface area contributed by atoms with Crippen LogP contribution in [0.2, 0.25) is 0 Å². The van der Waals surface area contributed by atoms with Gasteiger partial charge in [0.05, 0.1) is 12.6 Å². The highest BCUT2D eigenvalue weighted by Gasteiger charge is 2.21. The van der Waals surface area contributed by atoms with Crippen LogP contribution in [0, 0.1) is 0 Å². The van der Waals surface area contributed by atoms with Crippen molar-refractivity contribution in [3.05, 3.63) is 0 Å². The number of nitrogens with zero attached hydrogens (tertiary/aromatic N) is 1. The molecule has 0 aromatic rings. The SMILES string of the molecule is CC(O)CN1CC(=O)NC(C)C1. The molecule has 0 aliphatic carbocycles. The molecule has 1 aliphatic rings. The number of nitrogens with one attached hydrogen (secondary N) is 1. The lowest BCUT2D eigenvalue weighted by molar-refractivity contribution is -0.125. The van der Waals surface area contributed by atoms with Crippen molar-refractivity contribution in [3.63, 3.8) is 0 Å². The summed E-state index contributed by atoms with van der Waals surface area (Å²) < 4.78 is 0. The van der Waals surface area contributed by atoms with Gasteiger partial charge in [-0.05, 0) is 13.8 Å². The summed E-state index contributed by atoms with van der Waals surface area (Å²) in [6.07, 6.45) is -0.358. The third kappa shape index (κ3) is 2.79. The maximum Gasteiger partial charge on any atom is 0.234 e. The van der Waals surface area contributed by atoms with Gasteiger partial charge in [0.2, 0.25) is 5.91 Å². The van der Waals surface area contributed by atoms with Crippen LogP contribution in [0.25, 0.3) is 0 Å². The van der Waals surface area contributed by atoms with E-state index in [1.54, 1.807) is 6.92 Å². The smallest absolute Gasteiger partial charge is 0.234 e. The molecule has 0 spiro atoms. The number of amides is 1. The predicted molar refractivity (Wildman–Crippen MR) is 45.7 cm³/mol. The topological polar surface area (TPSA) is 52.6 Å². The molecule has 0 saturated carbocycles. The number of carbonyl (C=O) groups excluding carboxylic acids is 1. The van der Waals surface area contributed by atoms with Gasteiger partial charge in [0, 0.05) is 19.1 Å². The van der Waals surface area contributed by atoms with Gasteiger partial charge in [0.25, 0.3) is 0 Å². The van der Waals surface area contributed by atoms with E-state index in [0.29, 0.717) is 13.1 Å². The highest BCUT2D eigenvalue weighted by molar-refractivity contribution is 5.79. The number of aliphatic hydroxyl groups excluding tert-OH is 1. The first-order valence-electron chi connectivity index (χ1n) is 4.27. The molecule has 12 heavy (non-hydrogen) atoms. The fraction of sp³-hybridized carbons (Fsp3) is 0.875. The fourth-order valence-electron chi connectivity index (χ4n) is 1.53. The zero-order chi connectivity index (χ0) is 9.14. The molecule has 2 N–H and O–H groups in total. The monoisotopic (exact) mass is 172 g/mol. The minimum atomic E-state index is -0.358. The fourth-order valence-corrected chi connectivity index (χ4v) is 1.53. The quantitative estimate of drug-likeness (QED) is 0.572.